The van der Waals surface area contributed by atoms with Gasteiger partial charge in [0, 0.05) is 21.2 Å². The molecular weight excluding hydrogens is 344 g/mol. The van der Waals surface area contributed by atoms with Crippen LogP contribution in [0.3, 0.4) is 0 Å². The van der Waals surface area contributed by atoms with Gasteiger partial charge in [0.2, 0.25) is 0 Å². The van der Waals surface area contributed by atoms with Crippen LogP contribution in [0.15, 0.2) is 40.9 Å². The van der Waals surface area contributed by atoms with Crippen molar-refractivity contribution in [3.05, 3.63) is 51.5 Å². The number of hydrogen-bond acceptors (Lipinski definition) is 3. The number of nitrogen functional groups attached to an aromatic ring is 1. The number of nitrogens with two attached hydrogens (primary N) is 1. The highest BCUT2D eigenvalue weighted by Gasteiger charge is 2.12. The van der Waals surface area contributed by atoms with Crippen molar-refractivity contribution >= 4 is 44.8 Å². The summed E-state index contributed by atoms with van der Waals surface area (Å²) in [4.78, 5) is 12.2. The minimum atomic E-state index is -0.334. The molecule has 6 heteroatoms. The zero-order valence-electron chi connectivity index (χ0n) is 10.6. The van der Waals surface area contributed by atoms with E-state index in [1.165, 1.54) is 6.07 Å². The van der Waals surface area contributed by atoms with E-state index in [9.17, 15) is 4.79 Å². The van der Waals surface area contributed by atoms with Gasteiger partial charge >= 0.3 is 0 Å². The summed E-state index contributed by atoms with van der Waals surface area (Å²) in [6.07, 6.45) is 0. The Morgan fingerprint density at radius 3 is 2.75 bits per heavy atom. The van der Waals surface area contributed by atoms with Gasteiger partial charge in [-0.2, -0.15) is 0 Å². The van der Waals surface area contributed by atoms with Crippen LogP contribution in [0.4, 0.5) is 11.4 Å². The van der Waals surface area contributed by atoms with E-state index in [0.29, 0.717) is 27.7 Å². The van der Waals surface area contributed by atoms with E-state index in [0.717, 1.165) is 4.47 Å². The van der Waals surface area contributed by atoms with E-state index in [-0.39, 0.29) is 5.91 Å². The number of nitrogens with one attached hydrogen (secondary N) is 1. The van der Waals surface area contributed by atoms with Crippen LogP contribution in [-0.4, -0.2) is 13.0 Å². The number of methoxy groups -OCH3 is 1. The molecule has 104 valence electrons. The van der Waals surface area contributed by atoms with Gasteiger partial charge in [-0.05, 0) is 46.3 Å². The number of carbonyl (C=O) groups is 1. The molecule has 2 rings (SSSR count). The number of halogens is 2. The van der Waals surface area contributed by atoms with Crippen LogP contribution in [0.5, 0.6) is 5.75 Å². The molecule has 1 amide bonds. The lowest BCUT2D eigenvalue weighted by atomic mass is 10.1. The molecule has 0 fully saturated rings. The molecule has 0 atom stereocenters. The second-order valence-electron chi connectivity index (χ2n) is 4.03. The van der Waals surface area contributed by atoms with E-state index >= 15 is 0 Å². The van der Waals surface area contributed by atoms with Crippen molar-refractivity contribution in [2.24, 2.45) is 0 Å². The van der Waals surface area contributed by atoms with Crippen LogP contribution in [0.1, 0.15) is 10.4 Å². The van der Waals surface area contributed by atoms with Crippen LogP contribution in [-0.2, 0) is 0 Å². The van der Waals surface area contributed by atoms with E-state index in [4.69, 9.17) is 22.1 Å². The summed E-state index contributed by atoms with van der Waals surface area (Å²) in [6, 6.07) is 10.0. The molecule has 0 spiro atoms. The number of hydrogen-bond donors (Lipinski definition) is 2. The zero-order chi connectivity index (χ0) is 14.7. The van der Waals surface area contributed by atoms with Gasteiger partial charge in [0.15, 0.2) is 0 Å². The highest BCUT2D eigenvalue weighted by atomic mass is 79.9. The molecule has 0 aliphatic heterocycles. The fraction of sp³-hybridized carbons (Fsp3) is 0.0714. The first kappa shape index (κ1) is 14.7. The Bertz CT molecular complexity index is 662. The van der Waals surface area contributed by atoms with Crippen LogP contribution in [0.2, 0.25) is 5.02 Å². The monoisotopic (exact) mass is 354 g/mol. The summed E-state index contributed by atoms with van der Waals surface area (Å²) in [5, 5.41) is 3.22. The average Bonchev–Trinajstić information content (AvgIpc) is 2.43. The topological polar surface area (TPSA) is 64.3 Å². The first-order valence-electron chi connectivity index (χ1n) is 5.71. The molecule has 0 aliphatic carbocycles. The van der Waals surface area contributed by atoms with Crippen molar-refractivity contribution in [2.45, 2.75) is 0 Å². The van der Waals surface area contributed by atoms with Crippen molar-refractivity contribution in [1.29, 1.82) is 0 Å². The van der Waals surface area contributed by atoms with Crippen molar-refractivity contribution in [1.82, 2.24) is 0 Å². The lowest BCUT2D eigenvalue weighted by molar-refractivity contribution is 0.102. The molecule has 0 radical (unpaired) electrons. The number of carbonyl (C=O) groups excluding carboxylic acids is 1. The lowest BCUT2D eigenvalue weighted by Crippen LogP contribution is -2.14. The van der Waals surface area contributed by atoms with E-state index < -0.39 is 0 Å². The quantitative estimate of drug-likeness (QED) is 0.820. The minimum Gasteiger partial charge on any atom is -0.497 e. The Kier molecular flexibility index (Phi) is 4.52. The first-order chi connectivity index (χ1) is 9.51. The molecule has 4 nitrogen and oxygen atoms in total. The Morgan fingerprint density at radius 1 is 1.30 bits per heavy atom. The standard InChI is InChI=1S/C14H12BrClN2O2/c1-20-9-3-4-11(15)13(7-9)18-14(19)10-6-8(16)2-5-12(10)17/h2-7H,17H2,1H3,(H,18,19). The fourth-order valence-corrected chi connectivity index (χ4v) is 2.16. The third-order valence-corrected chi connectivity index (χ3v) is 3.61. The molecule has 0 aromatic heterocycles. The normalized spacial score (nSPS) is 10.2. The second kappa shape index (κ2) is 6.15. The summed E-state index contributed by atoms with van der Waals surface area (Å²) in [5.41, 5.74) is 7.07. The predicted molar refractivity (Wildman–Crippen MR) is 84.5 cm³/mol. The molecule has 0 unspecified atom stereocenters. The van der Waals surface area contributed by atoms with Crippen LogP contribution in [0, 0.1) is 0 Å². The smallest absolute Gasteiger partial charge is 0.257 e. The molecule has 0 aliphatic rings. The Hall–Kier alpha value is -1.72. The third-order valence-electron chi connectivity index (χ3n) is 2.68. The van der Waals surface area contributed by atoms with Gasteiger partial charge in [-0.15, -0.1) is 0 Å². The summed E-state index contributed by atoms with van der Waals surface area (Å²) in [7, 11) is 1.56. The number of anilines is 2. The molecule has 2 aromatic carbocycles. The van der Waals surface area contributed by atoms with Crippen molar-refractivity contribution in [3.8, 4) is 5.75 Å². The fourth-order valence-electron chi connectivity index (χ4n) is 1.64. The maximum atomic E-state index is 12.2. The third kappa shape index (κ3) is 3.23. The van der Waals surface area contributed by atoms with E-state index in [1.807, 2.05) is 0 Å². The SMILES string of the molecule is COc1ccc(Br)c(NC(=O)c2cc(Cl)ccc2N)c1. The van der Waals surface area contributed by atoms with Gasteiger partial charge in [0.1, 0.15) is 5.75 Å². The van der Waals surface area contributed by atoms with E-state index in [2.05, 4.69) is 21.2 Å². The lowest BCUT2D eigenvalue weighted by Gasteiger charge is -2.11. The maximum Gasteiger partial charge on any atom is 0.257 e. The largest absolute Gasteiger partial charge is 0.497 e. The van der Waals surface area contributed by atoms with Crippen molar-refractivity contribution in [2.75, 3.05) is 18.2 Å². The molecular formula is C14H12BrClN2O2. The van der Waals surface area contributed by atoms with Gasteiger partial charge in [-0.3, -0.25) is 4.79 Å². The zero-order valence-corrected chi connectivity index (χ0v) is 13.0. The van der Waals surface area contributed by atoms with Gasteiger partial charge < -0.3 is 15.8 Å². The van der Waals surface area contributed by atoms with Crippen molar-refractivity contribution in [3.63, 3.8) is 0 Å². The predicted octanol–water partition coefficient (Wildman–Crippen LogP) is 3.95. The van der Waals surface area contributed by atoms with Gasteiger partial charge in [0.05, 0.1) is 18.4 Å². The average molecular weight is 356 g/mol. The Labute approximate surface area is 130 Å². The summed E-state index contributed by atoms with van der Waals surface area (Å²) in [6.45, 7) is 0. The van der Waals surface area contributed by atoms with Gasteiger partial charge in [-0.25, -0.2) is 0 Å². The second-order valence-corrected chi connectivity index (χ2v) is 5.32. The Morgan fingerprint density at radius 2 is 2.05 bits per heavy atom. The minimum absolute atomic E-state index is 0.326. The summed E-state index contributed by atoms with van der Waals surface area (Å²) in [5.74, 6) is 0.307. The highest BCUT2D eigenvalue weighted by Crippen LogP contribution is 2.28. The molecule has 0 saturated carbocycles. The molecule has 0 heterocycles. The maximum absolute atomic E-state index is 12.2. The first-order valence-corrected chi connectivity index (χ1v) is 6.88. The summed E-state index contributed by atoms with van der Waals surface area (Å²) < 4.78 is 5.86. The molecule has 0 bridgehead atoms. The molecule has 3 N–H and O–H groups in total. The number of benzene rings is 2. The summed E-state index contributed by atoms with van der Waals surface area (Å²) >= 11 is 9.24. The van der Waals surface area contributed by atoms with Gasteiger partial charge in [-0.1, -0.05) is 11.6 Å². The van der Waals surface area contributed by atoms with Crippen LogP contribution < -0.4 is 15.8 Å². The molecule has 20 heavy (non-hydrogen) atoms. The number of amides is 1. The van der Waals surface area contributed by atoms with Crippen LogP contribution >= 0.6 is 27.5 Å². The van der Waals surface area contributed by atoms with Gasteiger partial charge in [0.25, 0.3) is 5.91 Å². The number of rotatable bonds is 3. The molecule has 0 saturated heterocycles. The highest BCUT2D eigenvalue weighted by molar-refractivity contribution is 9.10. The van der Waals surface area contributed by atoms with Crippen LogP contribution in [0.25, 0.3) is 0 Å². The Balaban J connectivity index is 2.30. The number of ether oxygens (including phenoxy) is 1. The molecule has 2 aromatic rings. The van der Waals surface area contributed by atoms with E-state index in [1.54, 1.807) is 37.4 Å². The van der Waals surface area contributed by atoms with Crippen molar-refractivity contribution < 1.29 is 9.53 Å².